The highest BCUT2D eigenvalue weighted by Crippen LogP contribution is 2.29. The number of rotatable bonds is 3. The summed E-state index contributed by atoms with van der Waals surface area (Å²) < 4.78 is 24.8. The molecule has 22 heavy (non-hydrogen) atoms. The highest BCUT2D eigenvalue weighted by Gasteiger charge is 2.14. The second-order valence-corrected chi connectivity index (χ2v) is 7.50. The van der Waals surface area contributed by atoms with E-state index in [1.807, 2.05) is 24.3 Å². The molecule has 114 valence electrons. The van der Waals surface area contributed by atoms with Gasteiger partial charge in [-0.05, 0) is 29.3 Å². The number of benzene rings is 1. The van der Waals surface area contributed by atoms with Crippen LogP contribution in [0.25, 0.3) is 22.2 Å². The number of nitrogens with zero attached hydrogens (tertiary/aromatic N) is 3. The van der Waals surface area contributed by atoms with E-state index in [2.05, 4.69) is 10.1 Å². The molecule has 2 heterocycles. The highest BCUT2D eigenvalue weighted by atomic mass is 32.2. The fourth-order valence-corrected chi connectivity index (χ4v) is 3.10. The van der Waals surface area contributed by atoms with E-state index in [4.69, 9.17) is 5.73 Å². The third-order valence-corrected chi connectivity index (χ3v) is 4.21. The topological polar surface area (TPSA) is 90.9 Å². The van der Waals surface area contributed by atoms with Gasteiger partial charge in [0.15, 0.2) is 15.5 Å². The Morgan fingerprint density at radius 2 is 1.91 bits per heavy atom. The summed E-state index contributed by atoms with van der Waals surface area (Å²) in [6.07, 6.45) is 2.93. The molecule has 0 atom stereocenters. The minimum absolute atomic E-state index is 0.101. The first-order valence-electron chi connectivity index (χ1n) is 6.69. The van der Waals surface area contributed by atoms with E-state index in [0.717, 1.165) is 16.5 Å². The number of aromatic nitrogens is 3. The van der Waals surface area contributed by atoms with Crippen molar-refractivity contribution in [2.45, 2.75) is 5.75 Å². The quantitative estimate of drug-likeness (QED) is 0.744. The van der Waals surface area contributed by atoms with E-state index >= 15 is 0 Å². The molecule has 0 aliphatic heterocycles. The number of anilines is 1. The molecule has 0 saturated heterocycles. The Labute approximate surface area is 128 Å². The van der Waals surface area contributed by atoms with Crippen LogP contribution in [0, 0.1) is 0 Å². The van der Waals surface area contributed by atoms with Crippen molar-refractivity contribution in [2.24, 2.45) is 7.05 Å². The number of pyridine rings is 1. The van der Waals surface area contributed by atoms with Crippen LogP contribution >= 0.6 is 0 Å². The molecule has 3 aromatic rings. The Bertz CT molecular complexity index is 944. The highest BCUT2D eigenvalue weighted by molar-refractivity contribution is 7.89. The second kappa shape index (κ2) is 5.10. The summed E-state index contributed by atoms with van der Waals surface area (Å²) in [7, 11) is -1.38. The Balaban J connectivity index is 2.25. The van der Waals surface area contributed by atoms with Gasteiger partial charge in [-0.2, -0.15) is 5.10 Å². The molecule has 0 amide bonds. The van der Waals surface area contributed by atoms with E-state index in [1.54, 1.807) is 24.0 Å². The molecule has 0 bridgehead atoms. The van der Waals surface area contributed by atoms with Gasteiger partial charge in [0.05, 0.1) is 17.6 Å². The van der Waals surface area contributed by atoms with Crippen molar-refractivity contribution >= 4 is 26.6 Å². The van der Waals surface area contributed by atoms with E-state index in [1.165, 1.54) is 6.26 Å². The van der Waals surface area contributed by atoms with Crippen LogP contribution in [0.1, 0.15) is 5.69 Å². The van der Waals surface area contributed by atoms with Crippen molar-refractivity contribution in [3.8, 4) is 11.1 Å². The Morgan fingerprint density at radius 1 is 1.23 bits per heavy atom. The van der Waals surface area contributed by atoms with Gasteiger partial charge in [0.25, 0.3) is 0 Å². The van der Waals surface area contributed by atoms with Gasteiger partial charge in [-0.15, -0.1) is 0 Å². The van der Waals surface area contributed by atoms with Gasteiger partial charge in [-0.3, -0.25) is 4.68 Å². The predicted octanol–water partition coefficient (Wildman–Crippen LogP) is 1.76. The molecule has 3 rings (SSSR count). The number of sulfone groups is 1. The minimum Gasteiger partial charge on any atom is -0.399 e. The molecule has 6 nitrogen and oxygen atoms in total. The Kier molecular flexibility index (Phi) is 3.37. The average molecular weight is 316 g/mol. The molecule has 0 fully saturated rings. The minimum atomic E-state index is -3.16. The first-order chi connectivity index (χ1) is 10.3. The maximum atomic E-state index is 11.6. The first-order valence-corrected chi connectivity index (χ1v) is 8.75. The zero-order valence-electron chi connectivity index (χ0n) is 12.3. The summed E-state index contributed by atoms with van der Waals surface area (Å²) in [6.45, 7) is 0. The molecule has 0 aliphatic rings. The molecule has 1 aromatic carbocycles. The molecular weight excluding hydrogens is 300 g/mol. The summed E-state index contributed by atoms with van der Waals surface area (Å²) in [5, 5.41) is 5.10. The third kappa shape index (κ3) is 2.80. The molecule has 0 aliphatic carbocycles. The van der Waals surface area contributed by atoms with Crippen LogP contribution in [-0.2, 0) is 22.6 Å². The molecular formula is C15H16N4O2S. The second-order valence-electron chi connectivity index (χ2n) is 5.36. The van der Waals surface area contributed by atoms with Crippen LogP contribution in [0.4, 0.5) is 5.69 Å². The monoisotopic (exact) mass is 316 g/mol. The zero-order valence-corrected chi connectivity index (χ0v) is 13.1. The van der Waals surface area contributed by atoms with Crippen molar-refractivity contribution in [1.29, 1.82) is 0 Å². The van der Waals surface area contributed by atoms with Crippen LogP contribution in [0.2, 0.25) is 0 Å². The van der Waals surface area contributed by atoms with E-state index < -0.39 is 9.84 Å². The number of hydrogen-bond acceptors (Lipinski definition) is 5. The van der Waals surface area contributed by atoms with E-state index in [9.17, 15) is 8.42 Å². The summed E-state index contributed by atoms with van der Waals surface area (Å²) in [5.41, 5.74) is 9.42. The fourth-order valence-electron chi connectivity index (χ4n) is 2.41. The lowest BCUT2D eigenvalue weighted by atomic mass is 10.0. The van der Waals surface area contributed by atoms with Crippen molar-refractivity contribution in [1.82, 2.24) is 14.8 Å². The molecule has 2 N–H and O–H groups in total. The summed E-state index contributed by atoms with van der Waals surface area (Å²) in [4.78, 5) is 4.42. The van der Waals surface area contributed by atoms with Crippen LogP contribution < -0.4 is 5.73 Å². The van der Waals surface area contributed by atoms with Gasteiger partial charge in [0.2, 0.25) is 0 Å². The van der Waals surface area contributed by atoms with Crippen molar-refractivity contribution in [3.63, 3.8) is 0 Å². The number of fused-ring (bicyclic) bond motifs is 1. The largest absolute Gasteiger partial charge is 0.399 e. The lowest BCUT2D eigenvalue weighted by Crippen LogP contribution is -2.04. The summed E-state index contributed by atoms with van der Waals surface area (Å²) >= 11 is 0. The smallest absolute Gasteiger partial charge is 0.158 e. The van der Waals surface area contributed by atoms with Gasteiger partial charge in [0, 0.05) is 24.4 Å². The maximum Gasteiger partial charge on any atom is 0.158 e. The first kappa shape index (κ1) is 14.5. The molecule has 7 heteroatoms. The zero-order chi connectivity index (χ0) is 15.9. The number of nitrogens with two attached hydrogens (primary N) is 1. The van der Waals surface area contributed by atoms with E-state index in [-0.39, 0.29) is 5.75 Å². The van der Waals surface area contributed by atoms with Crippen LogP contribution in [0.3, 0.4) is 0 Å². The molecule has 0 unspecified atom stereocenters. The van der Waals surface area contributed by atoms with Gasteiger partial charge >= 0.3 is 0 Å². The predicted molar refractivity (Wildman–Crippen MR) is 86.9 cm³/mol. The van der Waals surface area contributed by atoms with Crippen LogP contribution in [-0.4, -0.2) is 29.4 Å². The van der Waals surface area contributed by atoms with Crippen molar-refractivity contribution in [3.05, 3.63) is 42.2 Å². The number of aryl methyl sites for hydroxylation is 1. The van der Waals surface area contributed by atoms with Gasteiger partial charge in [-0.1, -0.05) is 12.1 Å². The standard InChI is InChI=1S/C15H16N4O2S/c1-19-15-14(8-17-19)13(10-3-5-11(16)6-4-10)7-12(18-15)9-22(2,20)21/h3-8H,9,16H2,1-2H3. The third-order valence-electron chi connectivity index (χ3n) is 3.39. The van der Waals surface area contributed by atoms with Gasteiger partial charge in [-0.25, -0.2) is 13.4 Å². The summed E-state index contributed by atoms with van der Waals surface area (Å²) in [5.74, 6) is -0.101. The SMILES string of the molecule is Cn1ncc2c(-c3ccc(N)cc3)cc(CS(C)(=O)=O)nc21. The molecule has 0 spiro atoms. The number of hydrogen-bond donors (Lipinski definition) is 1. The van der Waals surface area contributed by atoms with Gasteiger partial charge < -0.3 is 5.73 Å². The molecule has 0 radical (unpaired) electrons. The van der Waals surface area contributed by atoms with Crippen molar-refractivity contribution < 1.29 is 8.42 Å². The van der Waals surface area contributed by atoms with E-state index in [0.29, 0.717) is 17.0 Å². The molecule has 0 saturated carbocycles. The lowest BCUT2D eigenvalue weighted by molar-refractivity contribution is 0.600. The fraction of sp³-hybridized carbons (Fsp3) is 0.200. The number of nitrogen functional groups attached to an aromatic ring is 1. The van der Waals surface area contributed by atoms with Crippen LogP contribution in [0.5, 0.6) is 0 Å². The summed E-state index contributed by atoms with van der Waals surface area (Å²) in [6, 6.07) is 9.24. The lowest BCUT2D eigenvalue weighted by Gasteiger charge is -2.08. The van der Waals surface area contributed by atoms with Crippen molar-refractivity contribution in [2.75, 3.05) is 12.0 Å². The average Bonchev–Trinajstić information content (AvgIpc) is 2.79. The van der Waals surface area contributed by atoms with Gasteiger partial charge in [0.1, 0.15) is 0 Å². The maximum absolute atomic E-state index is 11.6. The van der Waals surface area contributed by atoms with Crippen LogP contribution in [0.15, 0.2) is 36.5 Å². The Hall–Kier alpha value is -2.41. The molecule has 2 aromatic heterocycles. The Morgan fingerprint density at radius 3 is 2.55 bits per heavy atom. The normalized spacial score (nSPS) is 11.9.